The van der Waals surface area contributed by atoms with Crippen LogP contribution in [0.25, 0.3) is 22.4 Å². The van der Waals surface area contributed by atoms with Gasteiger partial charge < -0.3 is 0 Å². The van der Waals surface area contributed by atoms with E-state index in [0.29, 0.717) is 28.6 Å². The molecule has 0 unspecified atom stereocenters. The fraction of sp³-hybridized carbons (Fsp3) is 0.200. The Kier molecular flexibility index (Phi) is 4.55. The number of hydrogen-bond donors (Lipinski definition) is 0. The highest BCUT2D eigenvalue weighted by atomic mass is 32.2. The Balaban J connectivity index is 1.56. The summed E-state index contributed by atoms with van der Waals surface area (Å²) in [7, 11) is 0. The minimum atomic E-state index is -0.0596. The summed E-state index contributed by atoms with van der Waals surface area (Å²) in [4.78, 5) is 12.8. The van der Waals surface area contributed by atoms with Crippen molar-refractivity contribution in [1.82, 2.24) is 39.4 Å². The van der Waals surface area contributed by atoms with E-state index in [9.17, 15) is 4.79 Å². The summed E-state index contributed by atoms with van der Waals surface area (Å²) >= 11 is 1.47. The molecule has 0 saturated carbocycles. The monoisotopic (exact) mass is 418 g/mol. The van der Waals surface area contributed by atoms with Gasteiger partial charge >= 0.3 is 0 Å². The van der Waals surface area contributed by atoms with Crippen LogP contribution in [0.2, 0.25) is 0 Å². The standard InChI is InChI=1S/C20H18N8OS/c1-3-26-18(29)15-9-4-5-10-16(15)27-17(21-22-19(26)27)12-30-20-23-24-25-28(20)14-8-6-7-13(2)11-14/h4-11H,3,12H2,1-2H3. The highest BCUT2D eigenvalue weighted by molar-refractivity contribution is 7.98. The van der Waals surface area contributed by atoms with Gasteiger partial charge in [-0.3, -0.25) is 13.8 Å². The topological polar surface area (TPSA) is 95.8 Å². The lowest BCUT2D eigenvalue weighted by Gasteiger charge is -2.09. The number of para-hydroxylation sites is 1. The zero-order valence-corrected chi connectivity index (χ0v) is 17.2. The van der Waals surface area contributed by atoms with Gasteiger partial charge in [-0.15, -0.1) is 15.3 Å². The molecule has 10 heteroatoms. The number of fused-ring (bicyclic) bond motifs is 3. The Labute approximate surface area is 175 Å². The van der Waals surface area contributed by atoms with E-state index in [1.165, 1.54) is 11.8 Å². The maximum Gasteiger partial charge on any atom is 0.262 e. The average Bonchev–Trinajstić information content (AvgIpc) is 3.40. The molecule has 0 radical (unpaired) electrons. The molecule has 0 fully saturated rings. The van der Waals surface area contributed by atoms with E-state index >= 15 is 0 Å². The van der Waals surface area contributed by atoms with Gasteiger partial charge in [0.05, 0.1) is 22.3 Å². The van der Waals surface area contributed by atoms with Crippen LogP contribution in [0.1, 0.15) is 18.3 Å². The third-order valence-electron chi connectivity index (χ3n) is 4.91. The number of nitrogens with zero attached hydrogens (tertiary/aromatic N) is 8. The van der Waals surface area contributed by atoms with Crippen LogP contribution < -0.4 is 5.56 Å². The fourth-order valence-electron chi connectivity index (χ4n) is 3.51. The molecule has 2 aromatic carbocycles. The first-order valence-corrected chi connectivity index (χ1v) is 10.5. The Hall–Kier alpha value is -3.53. The smallest absolute Gasteiger partial charge is 0.262 e. The Bertz CT molecular complexity index is 1430. The number of aryl methyl sites for hydroxylation is 2. The van der Waals surface area contributed by atoms with Crippen LogP contribution in [0, 0.1) is 6.92 Å². The zero-order valence-electron chi connectivity index (χ0n) is 16.4. The Morgan fingerprint density at radius 3 is 2.73 bits per heavy atom. The van der Waals surface area contributed by atoms with Crippen LogP contribution >= 0.6 is 11.8 Å². The molecule has 3 aromatic heterocycles. The fourth-order valence-corrected chi connectivity index (χ4v) is 4.32. The largest absolute Gasteiger partial charge is 0.277 e. The molecule has 0 aliphatic heterocycles. The molecule has 5 rings (SSSR count). The van der Waals surface area contributed by atoms with Crippen LogP contribution in [0.5, 0.6) is 0 Å². The quantitative estimate of drug-likeness (QED) is 0.405. The van der Waals surface area contributed by atoms with E-state index in [-0.39, 0.29) is 5.56 Å². The normalized spacial score (nSPS) is 11.5. The van der Waals surface area contributed by atoms with Crippen molar-refractivity contribution in [2.24, 2.45) is 0 Å². The van der Waals surface area contributed by atoms with E-state index in [1.54, 1.807) is 9.25 Å². The predicted molar refractivity (Wildman–Crippen MR) is 114 cm³/mol. The number of benzene rings is 2. The molecule has 5 aromatic rings. The van der Waals surface area contributed by atoms with Gasteiger partial charge in [0, 0.05) is 6.54 Å². The van der Waals surface area contributed by atoms with Gasteiger partial charge in [0.2, 0.25) is 10.9 Å². The summed E-state index contributed by atoms with van der Waals surface area (Å²) < 4.78 is 5.29. The van der Waals surface area contributed by atoms with E-state index in [2.05, 4.69) is 25.7 Å². The van der Waals surface area contributed by atoms with Gasteiger partial charge in [0.25, 0.3) is 5.56 Å². The summed E-state index contributed by atoms with van der Waals surface area (Å²) in [5.74, 6) is 1.77. The van der Waals surface area contributed by atoms with Crippen molar-refractivity contribution in [3.8, 4) is 5.69 Å². The van der Waals surface area contributed by atoms with Crippen molar-refractivity contribution in [2.45, 2.75) is 31.3 Å². The van der Waals surface area contributed by atoms with Crippen molar-refractivity contribution >= 4 is 28.4 Å². The van der Waals surface area contributed by atoms with Gasteiger partial charge in [-0.1, -0.05) is 36.0 Å². The molecule has 0 aliphatic rings. The minimum Gasteiger partial charge on any atom is -0.277 e. The maximum absolute atomic E-state index is 12.8. The average molecular weight is 418 g/mol. The van der Waals surface area contributed by atoms with Gasteiger partial charge in [0.15, 0.2) is 0 Å². The third kappa shape index (κ3) is 2.96. The number of rotatable bonds is 5. The molecule has 0 bridgehead atoms. The van der Waals surface area contributed by atoms with Crippen LogP contribution in [0.3, 0.4) is 0 Å². The molecule has 0 atom stereocenters. The molecular weight excluding hydrogens is 400 g/mol. The first-order chi connectivity index (χ1) is 14.7. The molecule has 0 amide bonds. The predicted octanol–water partition coefficient (Wildman–Crippen LogP) is 2.64. The zero-order chi connectivity index (χ0) is 20.7. The number of aromatic nitrogens is 8. The Morgan fingerprint density at radius 2 is 1.90 bits per heavy atom. The SMILES string of the molecule is CCn1c(=O)c2ccccc2n2c(CSc3nnnn3-c3cccc(C)c3)nnc12. The lowest BCUT2D eigenvalue weighted by atomic mass is 10.2. The van der Waals surface area contributed by atoms with Gasteiger partial charge in [-0.2, -0.15) is 4.68 Å². The molecule has 9 nitrogen and oxygen atoms in total. The van der Waals surface area contributed by atoms with Crippen molar-refractivity contribution in [1.29, 1.82) is 0 Å². The van der Waals surface area contributed by atoms with Crippen molar-refractivity contribution < 1.29 is 0 Å². The van der Waals surface area contributed by atoms with Crippen LogP contribution in [-0.2, 0) is 12.3 Å². The summed E-state index contributed by atoms with van der Waals surface area (Å²) in [6, 6.07) is 15.5. The van der Waals surface area contributed by atoms with E-state index < -0.39 is 0 Å². The first kappa shape index (κ1) is 18.5. The second-order valence-corrected chi connectivity index (χ2v) is 7.76. The van der Waals surface area contributed by atoms with Crippen molar-refractivity contribution in [3.63, 3.8) is 0 Å². The highest BCUT2D eigenvalue weighted by Gasteiger charge is 2.17. The third-order valence-corrected chi connectivity index (χ3v) is 5.82. The molecule has 0 N–H and O–H groups in total. The molecule has 0 aliphatic carbocycles. The maximum atomic E-state index is 12.8. The van der Waals surface area contributed by atoms with Gasteiger partial charge in [-0.05, 0) is 54.1 Å². The molecule has 3 heterocycles. The van der Waals surface area contributed by atoms with Gasteiger partial charge in [0.1, 0.15) is 5.82 Å². The number of thioether (sulfide) groups is 1. The second kappa shape index (κ2) is 7.38. The van der Waals surface area contributed by atoms with Crippen molar-refractivity contribution in [2.75, 3.05) is 0 Å². The van der Waals surface area contributed by atoms with Crippen LogP contribution in [0.15, 0.2) is 58.5 Å². The van der Waals surface area contributed by atoms with Gasteiger partial charge in [-0.25, -0.2) is 0 Å². The van der Waals surface area contributed by atoms with E-state index in [1.807, 2.05) is 66.8 Å². The molecule has 30 heavy (non-hydrogen) atoms. The summed E-state index contributed by atoms with van der Waals surface area (Å²) in [5, 5.41) is 22.1. The molecule has 0 saturated heterocycles. The lowest BCUT2D eigenvalue weighted by Crippen LogP contribution is -2.22. The lowest BCUT2D eigenvalue weighted by molar-refractivity contribution is 0.735. The molecular formula is C20H18N8OS. The molecule has 150 valence electrons. The van der Waals surface area contributed by atoms with Crippen LogP contribution in [-0.4, -0.2) is 39.4 Å². The summed E-state index contributed by atoms with van der Waals surface area (Å²) in [6.45, 7) is 4.47. The number of tetrazole rings is 1. The minimum absolute atomic E-state index is 0.0596. The van der Waals surface area contributed by atoms with E-state index in [0.717, 1.165) is 22.6 Å². The van der Waals surface area contributed by atoms with Crippen molar-refractivity contribution in [3.05, 3.63) is 70.3 Å². The molecule has 0 spiro atoms. The number of hydrogen-bond acceptors (Lipinski definition) is 7. The first-order valence-electron chi connectivity index (χ1n) is 9.51. The summed E-state index contributed by atoms with van der Waals surface area (Å²) in [6.07, 6.45) is 0. The highest BCUT2D eigenvalue weighted by Crippen LogP contribution is 2.24. The Morgan fingerprint density at radius 1 is 1.03 bits per heavy atom. The summed E-state index contributed by atoms with van der Waals surface area (Å²) in [5.41, 5.74) is 2.77. The van der Waals surface area contributed by atoms with E-state index in [4.69, 9.17) is 0 Å². The second-order valence-electron chi connectivity index (χ2n) is 6.82. The van der Waals surface area contributed by atoms with Crippen LogP contribution in [0.4, 0.5) is 0 Å².